The maximum atomic E-state index is 12.7. The smallest absolute Gasteiger partial charge is 0.273 e. The number of amides is 1. The third-order valence-electron chi connectivity index (χ3n) is 5.14. The highest BCUT2D eigenvalue weighted by Gasteiger charge is 2.24. The molecule has 1 saturated heterocycles. The van der Waals surface area contributed by atoms with Crippen LogP contribution >= 0.6 is 36.4 Å². The Hall–Kier alpha value is -1.38. The Bertz CT molecular complexity index is 792. The summed E-state index contributed by atoms with van der Waals surface area (Å²) in [7, 11) is 3.94. The van der Waals surface area contributed by atoms with Crippen molar-refractivity contribution in [1.82, 2.24) is 30.5 Å². The van der Waals surface area contributed by atoms with Crippen LogP contribution in [0.15, 0.2) is 24.3 Å². The van der Waals surface area contributed by atoms with Gasteiger partial charge in [-0.2, -0.15) is 0 Å². The van der Waals surface area contributed by atoms with Crippen molar-refractivity contribution in [1.29, 1.82) is 0 Å². The molecule has 2 heterocycles. The number of rotatable bonds is 6. The van der Waals surface area contributed by atoms with E-state index in [9.17, 15) is 4.79 Å². The van der Waals surface area contributed by atoms with Crippen LogP contribution in [0.2, 0.25) is 5.02 Å². The number of hydrogen-bond donors (Lipinski definition) is 2. The Morgan fingerprint density at radius 3 is 2.59 bits per heavy atom. The summed E-state index contributed by atoms with van der Waals surface area (Å²) in [5, 5.41) is 15.4. The fourth-order valence-electron chi connectivity index (χ4n) is 3.54. The Morgan fingerprint density at radius 1 is 1.31 bits per heavy atom. The van der Waals surface area contributed by atoms with Crippen LogP contribution in [0.3, 0.4) is 0 Å². The van der Waals surface area contributed by atoms with Crippen molar-refractivity contribution in [3.8, 4) is 0 Å². The van der Waals surface area contributed by atoms with Crippen molar-refractivity contribution in [3.05, 3.63) is 46.2 Å². The van der Waals surface area contributed by atoms with Crippen LogP contribution in [0.4, 0.5) is 0 Å². The number of hydrogen-bond acceptors (Lipinski definition) is 5. The first-order valence-corrected chi connectivity index (χ1v) is 9.68. The van der Waals surface area contributed by atoms with Crippen molar-refractivity contribution < 1.29 is 4.79 Å². The zero-order valence-corrected chi connectivity index (χ0v) is 19.3. The second-order valence-corrected chi connectivity index (χ2v) is 7.57. The van der Waals surface area contributed by atoms with Crippen molar-refractivity contribution in [2.24, 2.45) is 0 Å². The predicted octanol–water partition coefficient (Wildman–Crippen LogP) is 3.04. The van der Waals surface area contributed by atoms with E-state index in [0.29, 0.717) is 23.3 Å². The Balaban J connectivity index is 0.00000210. The number of likely N-dealkylation sites (N-methyl/N-ethyl adjacent to an activating group) is 1. The van der Waals surface area contributed by atoms with Gasteiger partial charge in [0.25, 0.3) is 5.91 Å². The van der Waals surface area contributed by atoms with Crippen molar-refractivity contribution in [2.45, 2.75) is 31.8 Å². The molecule has 2 N–H and O–H groups in total. The topological polar surface area (TPSA) is 75.1 Å². The molecule has 3 rings (SSSR count). The van der Waals surface area contributed by atoms with E-state index in [4.69, 9.17) is 11.6 Å². The highest BCUT2D eigenvalue weighted by atomic mass is 35.5. The van der Waals surface area contributed by atoms with Crippen LogP contribution in [0, 0.1) is 6.92 Å². The first kappa shape index (κ1) is 25.7. The van der Waals surface area contributed by atoms with Gasteiger partial charge in [-0.1, -0.05) is 35.0 Å². The molecule has 1 aromatic carbocycles. The molecule has 1 aromatic heterocycles. The second kappa shape index (κ2) is 11.7. The van der Waals surface area contributed by atoms with E-state index in [0.717, 1.165) is 37.2 Å². The second-order valence-electron chi connectivity index (χ2n) is 7.16. The van der Waals surface area contributed by atoms with Gasteiger partial charge in [-0.15, -0.1) is 29.9 Å². The summed E-state index contributed by atoms with van der Waals surface area (Å²) in [6.07, 6.45) is 2.00. The van der Waals surface area contributed by atoms with Gasteiger partial charge < -0.3 is 15.5 Å². The molecule has 0 radical (unpaired) electrons. The molecular formula is C19H29Cl3N6O. The van der Waals surface area contributed by atoms with Gasteiger partial charge in [0.1, 0.15) is 0 Å². The molecule has 0 spiro atoms. The van der Waals surface area contributed by atoms with Gasteiger partial charge in [-0.3, -0.25) is 4.79 Å². The lowest BCUT2D eigenvalue weighted by Gasteiger charge is -2.26. The monoisotopic (exact) mass is 462 g/mol. The van der Waals surface area contributed by atoms with Crippen LogP contribution in [-0.2, 0) is 0 Å². The van der Waals surface area contributed by atoms with Crippen LogP contribution < -0.4 is 10.6 Å². The summed E-state index contributed by atoms with van der Waals surface area (Å²) in [5.74, 6) is -0.202. The minimum absolute atomic E-state index is 0. The molecule has 0 bridgehead atoms. The van der Waals surface area contributed by atoms with E-state index in [1.54, 1.807) is 0 Å². The SMILES string of the molecule is Cc1c(C(=O)NCC(c2ccccc2Cl)N(C)C)nnn1C1CCNCC1.Cl.Cl. The summed E-state index contributed by atoms with van der Waals surface area (Å²) in [5.41, 5.74) is 2.20. The molecule has 7 nitrogen and oxygen atoms in total. The molecule has 1 fully saturated rings. The molecular weight excluding hydrogens is 435 g/mol. The highest BCUT2D eigenvalue weighted by molar-refractivity contribution is 6.31. The van der Waals surface area contributed by atoms with Gasteiger partial charge in [0.05, 0.1) is 17.8 Å². The normalized spacial score (nSPS) is 15.3. The van der Waals surface area contributed by atoms with E-state index in [-0.39, 0.29) is 36.8 Å². The van der Waals surface area contributed by atoms with Gasteiger partial charge in [-0.25, -0.2) is 4.68 Å². The van der Waals surface area contributed by atoms with E-state index in [1.165, 1.54) is 0 Å². The first-order valence-electron chi connectivity index (χ1n) is 9.30. The average Bonchev–Trinajstić information content (AvgIpc) is 3.05. The third kappa shape index (κ3) is 6.06. The van der Waals surface area contributed by atoms with Crippen molar-refractivity contribution >= 4 is 42.3 Å². The van der Waals surface area contributed by atoms with Crippen LogP contribution in [0.5, 0.6) is 0 Å². The summed E-state index contributed by atoms with van der Waals surface area (Å²) < 4.78 is 1.90. The Labute approximate surface area is 189 Å². The van der Waals surface area contributed by atoms with E-state index >= 15 is 0 Å². The van der Waals surface area contributed by atoms with E-state index < -0.39 is 0 Å². The Morgan fingerprint density at radius 2 is 1.97 bits per heavy atom. The molecule has 0 aliphatic carbocycles. The number of carbonyl (C=O) groups excluding carboxylic acids is 1. The molecule has 1 atom stereocenters. The summed E-state index contributed by atoms with van der Waals surface area (Å²) in [4.78, 5) is 14.8. The van der Waals surface area contributed by atoms with Crippen LogP contribution in [-0.4, -0.2) is 59.5 Å². The van der Waals surface area contributed by atoms with Crippen LogP contribution in [0.25, 0.3) is 0 Å². The molecule has 162 valence electrons. The molecule has 1 unspecified atom stereocenters. The zero-order chi connectivity index (χ0) is 19.4. The first-order chi connectivity index (χ1) is 13.0. The van der Waals surface area contributed by atoms with Gasteiger partial charge in [0.2, 0.25) is 0 Å². The lowest BCUT2D eigenvalue weighted by molar-refractivity contribution is 0.0936. The predicted molar refractivity (Wildman–Crippen MR) is 121 cm³/mol. The van der Waals surface area contributed by atoms with Gasteiger partial charge in [0, 0.05) is 11.6 Å². The van der Waals surface area contributed by atoms with E-state index in [1.807, 2.05) is 54.9 Å². The molecule has 10 heteroatoms. The highest BCUT2D eigenvalue weighted by Crippen LogP contribution is 2.25. The number of carbonyl (C=O) groups is 1. The standard InChI is InChI=1S/C19H27ClN6O.2ClH/c1-13-18(23-24-26(13)14-8-10-21-11-9-14)19(27)22-12-17(25(2)3)15-6-4-5-7-16(15)20;;/h4-7,14,17,21H,8-12H2,1-3H3,(H,22,27);2*1H. The molecule has 2 aromatic rings. The van der Waals surface area contributed by atoms with Crippen LogP contribution in [0.1, 0.15) is 46.7 Å². The molecule has 29 heavy (non-hydrogen) atoms. The molecule has 1 aliphatic heterocycles. The number of benzene rings is 1. The number of piperidine rings is 1. The lowest BCUT2D eigenvalue weighted by Crippen LogP contribution is -2.35. The largest absolute Gasteiger partial charge is 0.349 e. The maximum absolute atomic E-state index is 12.7. The third-order valence-corrected chi connectivity index (χ3v) is 5.48. The fraction of sp³-hybridized carbons (Fsp3) is 0.526. The maximum Gasteiger partial charge on any atom is 0.273 e. The van der Waals surface area contributed by atoms with Crippen molar-refractivity contribution in [3.63, 3.8) is 0 Å². The number of halogens is 3. The fourth-order valence-corrected chi connectivity index (χ4v) is 3.80. The number of nitrogens with one attached hydrogen (secondary N) is 2. The van der Waals surface area contributed by atoms with Gasteiger partial charge in [0.15, 0.2) is 5.69 Å². The zero-order valence-electron chi connectivity index (χ0n) is 16.9. The Kier molecular flexibility index (Phi) is 10.4. The minimum Gasteiger partial charge on any atom is -0.349 e. The number of nitrogens with zero attached hydrogens (tertiary/aromatic N) is 4. The van der Waals surface area contributed by atoms with E-state index in [2.05, 4.69) is 20.9 Å². The quantitative estimate of drug-likeness (QED) is 0.689. The summed E-state index contributed by atoms with van der Waals surface area (Å²) in [6.45, 7) is 4.28. The molecule has 1 amide bonds. The van der Waals surface area contributed by atoms with Gasteiger partial charge in [-0.05, 0) is 58.6 Å². The lowest BCUT2D eigenvalue weighted by atomic mass is 10.1. The minimum atomic E-state index is -0.202. The van der Waals surface area contributed by atoms with Gasteiger partial charge >= 0.3 is 0 Å². The summed E-state index contributed by atoms with van der Waals surface area (Å²) in [6, 6.07) is 7.98. The average molecular weight is 464 g/mol. The molecule has 0 saturated carbocycles. The number of aromatic nitrogens is 3. The molecule has 1 aliphatic rings. The summed E-state index contributed by atoms with van der Waals surface area (Å²) >= 11 is 6.34. The van der Waals surface area contributed by atoms with Crippen molar-refractivity contribution in [2.75, 3.05) is 33.7 Å².